The highest BCUT2D eigenvalue weighted by atomic mass is 16.5. The number of hydrogen-bond donors (Lipinski definition) is 2. The van der Waals surface area contributed by atoms with Crippen LogP contribution >= 0.6 is 0 Å². The molecule has 3 nitrogen and oxygen atoms in total. The quantitative estimate of drug-likeness (QED) is 0.380. The van der Waals surface area contributed by atoms with Gasteiger partial charge in [-0.3, -0.25) is 0 Å². The van der Waals surface area contributed by atoms with E-state index < -0.39 is 0 Å². The zero-order valence-corrected chi connectivity index (χ0v) is 5.13. The summed E-state index contributed by atoms with van der Waals surface area (Å²) in [4.78, 5) is 0. The smallest absolute Gasteiger partial charge is 0.107 e. The highest BCUT2D eigenvalue weighted by Gasteiger charge is 1.77. The van der Waals surface area contributed by atoms with Crippen molar-refractivity contribution in [3.8, 4) is 11.8 Å². The maximum atomic E-state index is 8.20. The van der Waals surface area contributed by atoms with E-state index in [0.29, 0.717) is 6.61 Å². The molecular formula is C6H10O3. The van der Waals surface area contributed by atoms with Crippen molar-refractivity contribution in [3.63, 3.8) is 0 Å². The molecule has 0 saturated carbocycles. The topological polar surface area (TPSA) is 49.7 Å². The Hall–Kier alpha value is -0.560. The van der Waals surface area contributed by atoms with Crippen LogP contribution in [0.4, 0.5) is 0 Å². The molecule has 0 aromatic carbocycles. The first-order valence-electron chi connectivity index (χ1n) is 2.67. The van der Waals surface area contributed by atoms with Crippen molar-refractivity contribution in [2.75, 3.05) is 26.4 Å². The van der Waals surface area contributed by atoms with Crippen molar-refractivity contribution in [2.24, 2.45) is 0 Å². The minimum atomic E-state index is -0.136. The fraction of sp³-hybridized carbons (Fsp3) is 0.667. The first-order valence-corrected chi connectivity index (χ1v) is 2.67. The molecule has 0 fully saturated rings. The van der Waals surface area contributed by atoms with Gasteiger partial charge in [0.1, 0.15) is 13.2 Å². The molecule has 0 atom stereocenters. The zero-order valence-electron chi connectivity index (χ0n) is 5.13. The van der Waals surface area contributed by atoms with Crippen molar-refractivity contribution in [2.45, 2.75) is 0 Å². The van der Waals surface area contributed by atoms with Gasteiger partial charge in [-0.25, -0.2) is 0 Å². The minimum Gasteiger partial charge on any atom is -0.394 e. The summed E-state index contributed by atoms with van der Waals surface area (Å²) in [6, 6.07) is 0. The van der Waals surface area contributed by atoms with Crippen LogP contribution in [-0.2, 0) is 4.74 Å². The Morgan fingerprint density at radius 3 is 2.56 bits per heavy atom. The van der Waals surface area contributed by atoms with Crippen LogP contribution in [0.3, 0.4) is 0 Å². The Morgan fingerprint density at radius 2 is 2.00 bits per heavy atom. The van der Waals surface area contributed by atoms with Crippen LogP contribution in [0.2, 0.25) is 0 Å². The molecule has 0 saturated heterocycles. The van der Waals surface area contributed by atoms with Crippen LogP contribution in [0.15, 0.2) is 0 Å². The molecule has 0 amide bonds. The van der Waals surface area contributed by atoms with Gasteiger partial charge in [0.15, 0.2) is 0 Å². The minimum absolute atomic E-state index is 0.0147. The van der Waals surface area contributed by atoms with Gasteiger partial charge in [0.2, 0.25) is 0 Å². The van der Waals surface area contributed by atoms with Gasteiger partial charge in [-0.1, -0.05) is 11.8 Å². The summed E-state index contributed by atoms with van der Waals surface area (Å²) in [6.45, 7) is 0.463. The molecule has 3 heteroatoms. The molecule has 0 aliphatic rings. The second-order valence-corrected chi connectivity index (χ2v) is 1.29. The monoisotopic (exact) mass is 130 g/mol. The van der Waals surface area contributed by atoms with Crippen LogP contribution in [0.5, 0.6) is 0 Å². The van der Waals surface area contributed by atoms with E-state index in [1.807, 2.05) is 0 Å². The van der Waals surface area contributed by atoms with Gasteiger partial charge in [-0.2, -0.15) is 0 Å². The summed E-state index contributed by atoms with van der Waals surface area (Å²) in [7, 11) is 0. The maximum Gasteiger partial charge on any atom is 0.107 e. The number of ether oxygens (including phenoxy) is 1. The van der Waals surface area contributed by atoms with Crippen molar-refractivity contribution in [1.29, 1.82) is 0 Å². The zero-order chi connectivity index (χ0) is 6.95. The lowest BCUT2D eigenvalue weighted by atomic mass is 10.6. The Bertz CT molecular complexity index is 101. The molecule has 0 aliphatic carbocycles. The Balaban J connectivity index is 2.90. The lowest BCUT2D eigenvalue weighted by Gasteiger charge is -1.91. The van der Waals surface area contributed by atoms with Gasteiger partial charge in [-0.15, -0.1) is 0 Å². The van der Waals surface area contributed by atoms with E-state index in [2.05, 4.69) is 11.8 Å². The summed E-state index contributed by atoms with van der Waals surface area (Å²) < 4.78 is 4.75. The third-order valence-electron chi connectivity index (χ3n) is 0.614. The SMILES string of the molecule is OCC#CCOCCO. The van der Waals surface area contributed by atoms with Gasteiger partial charge in [0.05, 0.1) is 13.2 Å². The molecule has 0 bridgehead atoms. The summed E-state index contributed by atoms with van der Waals surface area (Å²) in [6.07, 6.45) is 0. The summed E-state index contributed by atoms with van der Waals surface area (Å²) >= 11 is 0. The first-order chi connectivity index (χ1) is 4.41. The largest absolute Gasteiger partial charge is 0.394 e. The number of rotatable bonds is 3. The molecule has 0 spiro atoms. The van der Waals surface area contributed by atoms with Crippen molar-refractivity contribution < 1.29 is 14.9 Å². The second kappa shape index (κ2) is 7.44. The third-order valence-corrected chi connectivity index (χ3v) is 0.614. The van der Waals surface area contributed by atoms with E-state index >= 15 is 0 Å². The van der Waals surface area contributed by atoms with Gasteiger partial charge in [0.25, 0.3) is 0 Å². The maximum absolute atomic E-state index is 8.20. The van der Waals surface area contributed by atoms with Gasteiger partial charge in [0, 0.05) is 0 Å². The normalized spacial score (nSPS) is 8.22. The highest BCUT2D eigenvalue weighted by Crippen LogP contribution is 1.68. The molecule has 0 radical (unpaired) electrons. The van der Waals surface area contributed by atoms with Crippen LogP contribution < -0.4 is 0 Å². The first kappa shape index (κ1) is 8.44. The summed E-state index contributed by atoms with van der Waals surface area (Å²) in [5.41, 5.74) is 0. The Kier molecular flexibility index (Phi) is 6.98. The molecule has 52 valence electrons. The van der Waals surface area contributed by atoms with Gasteiger partial charge in [-0.05, 0) is 0 Å². The lowest BCUT2D eigenvalue weighted by Crippen LogP contribution is -1.98. The van der Waals surface area contributed by atoms with Gasteiger partial charge < -0.3 is 14.9 Å². The van der Waals surface area contributed by atoms with Crippen molar-refractivity contribution >= 4 is 0 Å². The van der Waals surface area contributed by atoms with Crippen LogP contribution in [-0.4, -0.2) is 36.6 Å². The van der Waals surface area contributed by atoms with Crippen molar-refractivity contribution in [1.82, 2.24) is 0 Å². The van der Waals surface area contributed by atoms with Crippen molar-refractivity contribution in [3.05, 3.63) is 0 Å². The van der Waals surface area contributed by atoms with Crippen LogP contribution in [0, 0.1) is 11.8 Å². The molecule has 0 aliphatic heterocycles. The van der Waals surface area contributed by atoms with E-state index in [4.69, 9.17) is 14.9 Å². The molecule has 2 N–H and O–H groups in total. The van der Waals surface area contributed by atoms with E-state index in [1.165, 1.54) is 0 Å². The number of aliphatic hydroxyl groups excluding tert-OH is 2. The second-order valence-electron chi connectivity index (χ2n) is 1.29. The average molecular weight is 130 g/mol. The molecular weight excluding hydrogens is 120 g/mol. The summed E-state index contributed by atoms with van der Waals surface area (Å²) in [5.74, 6) is 4.94. The standard InChI is InChI=1S/C6H10O3/c7-3-1-2-5-9-6-4-8/h7-8H,3-6H2. The predicted octanol–water partition coefficient (Wildman–Crippen LogP) is -1.01. The highest BCUT2D eigenvalue weighted by molar-refractivity contribution is 4.98. The molecule has 0 rings (SSSR count). The fourth-order valence-electron chi connectivity index (χ4n) is 0.295. The van der Waals surface area contributed by atoms with E-state index in [9.17, 15) is 0 Å². The van der Waals surface area contributed by atoms with E-state index in [0.717, 1.165) is 0 Å². The molecule has 0 heterocycles. The predicted molar refractivity (Wildman–Crippen MR) is 32.8 cm³/mol. The fourth-order valence-corrected chi connectivity index (χ4v) is 0.295. The lowest BCUT2D eigenvalue weighted by molar-refractivity contribution is 0.115. The summed E-state index contributed by atoms with van der Waals surface area (Å²) in [5, 5.41) is 16.3. The third kappa shape index (κ3) is 7.44. The van der Waals surface area contributed by atoms with Crippen LogP contribution in [0.25, 0.3) is 0 Å². The average Bonchev–Trinajstić information content (AvgIpc) is 1.89. The molecule has 9 heavy (non-hydrogen) atoms. The Morgan fingerprint density at radius 1 is 1.22 bits per heavy atom. The van der Waals surface area contributed by atoms with E-state index in [-0.39, 0.29) is 19.8 Å². The Labute approximate surface area is 54.3 Å². The molecule has 0 unspecified atom stereocenters. The number of hydrogen-bond acceptors (Lipinski definition) is 3. The van der Waals surface area contributed by atoms with Gasteiger partial charge >= 0.3 is 0 Å². The molecule has 0 aromatic rings. The number of aliphatic hydroxyl groups is 2. The molecule has 0 aromatic heterocycles. The van der Waals surface area contributed by atoms with Crippen LogP contribution in [0.1, 0.15) is 0 Å². The van der Waals surface area contributed by atoms with E-state index in [1.54, 1.807) is 0 Å².